The maximum atomic E-state index is 13.3. The van der Waals surface area contributed by atoms with Crippen LogP contribution in [-0.2, 0) is 9.59 Å². The van der Waals surface area contributed by atoms with Crippen LogP contribution in [0.5, 0.6) is 0 Å². The summed E-state index contributed by atoms with van der Waals surface area (Å²) in [7, 11) is 0. The van der Waals surface area contributed by atoms with Gasteiger partial charge in [-0.05, 0) is 88.2 Å². The van der Waals surface area contributed by atoms with Gasteiger partial charge in [0.15, 0.2) is 5.13 Å². The Bertz CT molecular complexity index is 2240. The molecule has 6 heterocycles. The van der Waals surface area contributed by atoms with E-state index in [1.54, 1.807) is 18.2 Å². The summed E-state index contributed by atoms with van der Waals surface area (Å²) in [4.78, 5) is 83.5. The number of hydrogen-bond donors (Lipinski definition) is 4. The summed E-state index contributed by atoms with van der Waals surface area (Å²) in [5, 5.41) is 13.0. The number of hydrogen-bond acceptors (Lipinski definition) is 13. The first kappa shape index (κ1) is 38.4. The molecule has 0 saturated carbocycles. The van der Waals surface area contributed by atoms with Gasteiger partial charge >= 0.3 is 0 Å². The number of imide groups is 2. The van der Waals surface area contributed by atoms with Gasteiger partial charge in [-0.15, -0.1) is 0 Å². The normalized spacial score (nSPS) is 20.4. The number of anilines is 5. The molecule has 4 N–H and O–H groups in total. The van der Waals surface area contributed by atoms with Crippen LogP contribution in [0.3, 0.4) is 0 Å². The molecule has 2 aromatic heterocycles. The minimum Gasteiger partial charge on any atom is -0.381 e. The average Bonchev–Trinajstić information content (AvgIpc) is 3.75. The van der Waals surface area contributed by atoms with Gasteiger partial charge in [0.25, 0.3) is 17.7 Å². The monoisotopic (exact) mass is 810 g/mol. The third-order valence-electron chi connectivity index (χ3n) is 11.0. The van der Waals surface area contributed by atoms with Crippen molar-refractivity contribution in [3.63, 3.8) is 0 Å². The van der Waals surface area contributed by atoms with Crippen LogP contribution in [0.1, 0.15) is 80.3 Å². The van der Waals surface area contributed by atoms with E-state index in [-0.39, 0.29) is 35.9 Å². The predicted octanol–water partition coefficient (Wildman–Crippen LogP) is 5.39. The number of carbonyl (C=O) groups excluding carboxylic acids is 5. The van der Waals surface area contributed by atoms with Crippen LogP contribution in [0.25, 0.3) is 0 Å². The van der Waals surface area contributed by atoms with Crippen molar-refractivity contribution >= 4 is 80.6 Å². The molecule has 8 rings (SSSR count). The molecule has 2 atom stereocenters. The quantitative estimate of drug-likeness (QED) is 0.150. The van der Waals surface area contributed by atoms with E-state index in [2.05, 4.69) is 41.0 Å². The number of piperidine rings is 3. The van der Waals surface area contributed by atoms with E-state index in [0.717, 1.165) is 80.4 Å². The van der Waals surface area contributed by atoms with Gasteiger partial charge in [0, 0.05) is 50.4 Å². The van der Waals surface area contributed by atoms with Crippen molar-refractivity contribution in [1.82, 2.24) is 30.1 Å². The van der Waals surface area contributed by atoms with Gasteiger partial charge in [-0.1, -0.05) is 35.1 Å². The molecule has 1 unspecified atom stereocenters. The van der Waals surface area contributed by atoms with E-state index < -0.39 is 29.7 Å². The summed E-state index contributed by atoms with van der Waals surface area (Å²) in [5.41, 5.74) is 2.77. The summed E-state index contributed by atoms with van der Waals surface area (Å²) < 4.78 is 0. The van der Waals surface area contributed by atoms with Crippen LogP contribution < -0.4 is 26.2 Å². The lowest BCUT2D eigenvalue weighted by molar-refractivity contribution is -0.136. The Kier molecular flexibility index (Phi) is 10.9. The first-order chi connectivity index (χ1) is 27.5. The number of rotatable bonds is 10. The predicted molar refractivity (Wildman–Crippen MR) is 217 cm³/mol. The maximum absolute atomic E-state index is 13.3. The third kappa shape index (κ3) is 8.34. The molecule has 4 aliphatic rings. The van der Waals surface area contributed by atoms with Crippen LogP contribution >= 0.6 is 22.9 Å². The fourth-order valence-corrected chi connectivity index (χ4v) is 9.12. The number of nitrogens with zero attached hydrogens (tertiary/aromatic N) is 6. The van der Waals surface area contributed by atoms with E-state index >= 15 is 0 Å². The number of benzene rings is 2. The smallest absolute Gasteiger partial charge is 0.267 e. The molecule has 57 heavy (non-hydrogen) atoms. The zero-order chi connectivity index (χ0) is 39.8. The molecule has 0 spiro atoms. The molecule has 0 bridgehead atoms. The fraction of sp³-hybridized carbons (Fsp3) is 0.400. The first-order valence-electron chi connectivity index (χ1n) is 19.2. The Morgan fingerprint density at radius 1 is 0.965 bits per heavy atom. The number of thiazole rings is 1. The Morgan fingerprint density at radius 3 is 2.56 bits per heavy atom. The number of para-hydroxylation sites is 1. The Hall–Kier alpha value is -5.45. The molecule has 17 heteroatoms. The van der Waals surface area contributed by atoms with Crippen LogP contribution in [0.15, 0.2) is 48.7 Å². The number of aromatic nitrogens is 3. The van der Waals surface area contributed by atoms with Crippen molar-refractivity contribution in [2.24, 2.45) is 5.92 Å². The molecule has 4 aromatic rings. The SMILES string of the molecule is Cc1nc(Nc2ncc(C(=O)Nc3c(C)cccc3Cl)s2)cc(N2CCC(CN3CCC[C@@H](Nc4ccc5c(c4)C(=O)N(C4CCC(=O)NC4=O)C5=O)C3)CC2)n1. The molecule has 296 valence electrons. The summed E-state index contributed by atoms with van der Waals surface area (Å²) in [6.45, 7) is 8.39. The topological polar surface area (TPSA) is 182 Å². The van der Waals surface area contributed by atoms with Crippen molar-refractivity contribution in [1.29, 1.82) is 0 Å². The number of nitrogens with one attached hydrogen (secondary N) is 4. The molecular weight excluding hydrogens is 768 g/mol. The highest BCUT2D eigenvalue weighted by molar-refractivity contribution is 7.17. The minimum atomic E-state index is -0.985. The van der Waals surface area contributed by atoms with Crippen LogP contribution in [-0.4, -0.2) is 99.1 Å². The Labute approximate surface area is 338 Å². The Balaban J connectivity index is 0.827. The van der Waals surface area contributed by atoms with Crippen molar-refractivity contribution in [2.45, 2.75) is 64.5 Å². The number of halogens is 1. The molecule has 4 aliphatic heterocycles. The van der Waals surface area contributed by atoms with Gasteiger partial charge in [0.05, 0.1) is 28.0 Å². The maximum Gasteiger partial charge on any atom is 0.267 e. The van der Waals surface area contributed by atoms with Gasteiger partial charge < -0.3 is 25.8 Å². The Morgan fingerprint density at radius 2 is 1.77 bits per heavy atom. The van der Waals surface area contributed by atoms with E-state index in [1.165, 1.54) is 17.5 Å². The highest BCUT2D eigenvalue weighted by Crippen LogP contribution is 2.32. The van der Waals surface area contributed by atoms with Crippen LogP contribution in [0.2, 0.25) is 5.02 Å². The van der Waals surface area contributed by atoms with Crippen LogP contribution in [0, 0.1) is 19.8 Å². The molecule has 3 fully saturated rings. The van der Waals surface area contributed by atoms with Gasteiger partial charge in [-0.3, -0.25) is 34.2 Å². The highest BCUT2D eigenvalue weighted by atomic mass is 35.5. The molecule has 15 nitrogen and oxygen atoms in total. The number of aryl methyl sites for hydroxylation is 2. The van der Waals surface area contributed by atoms with Crippen LogP contribution in [0.4, 0.5) is 28.1 Å². The molecule has 0 radical (unpaired) electrons. The van der Waals surface area contributed by atoms with Gasteiger partial charge in [0.1, 0.15) is 28.4 Å². The van der Waals surface area contributed by atoms with E-state index in [0.29, 0.717) is 38.3 Å². The summed E-state index contributed by atoms with van der Waals surface area (Å²) >= 11 is 7.53. The lowest BCUT2D eigenvalue weighted by atomic mass is 9.94. The molecule has 0 aliphatic carbocycles. The zero-order valence-electron chi connectivity index (χ0n) is 31.6. The second-order valence-electron chi connectivity index (χ2n) is 15.1. The number of likely N-dealkylation sites (tertiary alicyclic amines) is 1. The van der Waals surface area contributed by atoms with E-state index in [9.17, 15) is 24.0 Å². The van der Waals surface area contributed by atoms with E-state index in [4.69, 9.17) is 16.6 Å². The molecular formula is C40H43ClN10O5S. The molecule has 2 aromatic carbocycles. The second kappa shape index (κ2) is 16.2. The second-order valence-corrected chi connectivity index (χ2v) is 16.5. The zero-order valence-corrected chi connectivity index (χ0v) is 33.2. The lowest BCUT2D eigenvalue weighted by Gasteiger charge is -2.39. The van der Waals surface area contributed by atoms with Gasteiger partial charge in [-0.2, -0.15) is 0 Å². The largest absolute Gasteiger partial charge is 0.381 e. The fourth-order valence-electron chi connectivity index (χ4n) is 8.14. The van der Waals surface area contributed by atoms with E-state index in [1.807, 2.05) is 38.1 Å². The summed E-state index contributed by atoms with van der Waals surface area (Å²) in [6.07, 6.45) is 5.84. The van der Waals surface area contributed by atoms with Gasteiger partial charge in [0.2, 0.25) is 11.8 Å². The summed E-state index contributed by atoms with van der Waals surface area (Å²) in [6, 6.07) is 11.8. The molecule has 5 amide bonds. The average molecular weight is 811 g/mol. The van der Waals surface area contributed by atoms with Crippen molar-refractivity contribution in [2.75, 3.05) is 53.6 Å². The number of amides is 5. The first-order valence-corrected chi connectivity index (χ1v) is 20.4. The lowest BCUT2D eigenvalue weighted by Crippen LogP contribution is -2.54. The number of fused-ring (bicyclic) bond motifs is 1. The highest BCUT2D eigenvalue weighted by Gasteiger charge is 2.44. The van der Waals surface area contributed by atoms with Crippen molar-refractivity contribution < 1.29 is 24.0 Å². The standard InChI is InChI=1S/C40H43ClN10O5S/c1-22-5-3-7-29(41)35(22)48-37(54)31-19-42-40(57-31)46-32-18-33(44-23(2)43-32)50-15-12-24(13-16-50)20-49-14-4-6-26(21-49)45-25-8-9-27-28(17-25)39(56)51(38(27)55)30-10-11-34(52)47-36(30)53/h3,5,7-9,17-19,24,26,30,45H,4,6,10-16,20-21H2,1-2H3,(H,48,54)(H,47,52,53)(H,42,43,44,46)/t26-,30?/m1/s1. The van der Waals surface area contributed by atoms with Gasteiger partial charge in [-0.25, -0.2) is 15.0 Å². The molecule has 3 saturated heterocycles. The third-order valence-corrected chi connectivity index (χ3v) is 12.2. The van der Waals surface area contributed by atoms with Crippen molar-refractivity contribution in [3.05, 3.63) is 81.1 Å². The number of carbonyl (C=O) groups is 5. The summed E-state index contributed by atoms with van der Waals surface area (Å²) in [5.74, 6) is 0.332. The van der Waals surface area contributed by atoms with Crippen molar-refractivity contribution in [3.8, 4) is 0 Å². The minimum absolute atomic E-state index is 0.0843.